The molecule has 0 saturated heterocycles. The number of carbonyl (C=O) groups is 2. The Morgan fingerprint density at radius 2 is 1.69 bits per heavy atom. The molecule has 3 aromatic rings. The maximum absolute atomic E-state index is 14.3. The van der Waals surface area contributed by atoms with Crippen molar-refractivity contribution in [3.05, 3.63) is 83.7 Å². The van der Waals surface area contributed by atoms with Crippen molar-refractivity contribution in [1.29, 1.82) is 0 Å². The first-order valence-corrected chi connectivity index (χ1v) is 17.9. The van der Waals surface area contributed by atoms with E-state index in [1.165, 1.54) is 46.6 Å². The quantitative estimate of drug-likeness (QED) is 0.267. The SMILES string of the molecule is Cc1ccc(S(=O)(=O)N(C)C[C@H]2OCCCC[C@H](C)Oc3ccc(NC(=O)Nc4ccc(F)cc4)cc3C(=O)N([C@@H](C)CO)C[C@H]2C)cc1. The molecular formula is C36H47FN4O7S. The molecule has 13 heteroatoms. The number of rotatable bonds is 8. The zero-order valence-corrected chi connectivity index (χ0v) is 29.5. The molecule has 0 unspecified atom stereocenters. The third-order valence-corrected chi connectivity index (χ3v) is 10.4. The summed E-state index contributed by atoms with van der Waals surface area (Å²) in [5, 5.41) is 15.6. The van der Waals surface area contributed by atoms with Gasteiger partial charge >= 0.3 is 6.03 Å². The first-order chi connectivity index (χ1) is 23.3. The molecule has 0 spiro atoms. The van der Waals surface area contributed by atoms with Crippen molar-refractivity contribution in [3.63, 3.8) is 0 Å². The predicted molar refractivity (Wildman–Crippen MR) is 187 cm³/mol. The van der Waals surface area contributed by atoms with Crippen molar-refractivity contribution in [2.75, 3.05) is 44.0 Å². The van der Waals surface area contributed by atoms with Crippen LogP contribution in [0.1, 0.15) is 56.0 Å². The minimum Gasteiger partial charge on any atom is -0.490 e. The number of fused-ring (bicyclic) bond motifs is 1. The number of hydrogen-bond acceptors (Lipinski definition) is 7. The van der Waals surface area contributed by atoms with Gasteiger partial charge in [-0.2, -0.15) is 4.31 Å². The van der Waals surface area contributed by atoms with Crippen LogP contribution in [-0.2, 0) is 14.8 Å². The van der Waals surface area contributed by atoms with E-state index >= 15 is 0 Å². The fourth-order valence-electron chi connectivity index (χ4n) is 5.53. The number of aliphatic hydroxyl groups excluding tert-OH is 1. The first kappa shape index (κ1) is 37.8. The predicted octanol–water partition coefficient (Wildman–Crippen LogP) is 5.89. The third-order valence-electron chi connectivity index (χ3n) is 8.58. The van der Waals surface area contributed by atoms with Crippen LogP contribution in [0.15, 0.2) is 71.6 Å². The van der Waals surface area contributed by atoms with Crippen LogP contribution in [0.25, 0.3) is 0 Å². The van der Waals surface area contributed by atoms with Gasteiger partial charge in [0.05, 0.1) is 35.3 Å². The van der Waals surface area contributed by atoms with Gasteiger partial charge in [-0.05, 0) is 94.6 Å². The molecule has 11 nitrogen and oxygen atoms in total. The minimum absolute atomic E-state index is 0.0558. The van der Waals surface area contributed by atoms with E-state index in [0.29, 0.717) is 30.2 Å². The number of benzene rings is 3. The monoisotopic (exact) mass is 698 g/mol. The highest BCUT2D eigenvalue weighted by atomic mass is 32.2. The van der Waals surface area contributed by atoms with E-state index in [1.54, 1.807) is 43.3 Å². The van der Waals surface area contributed by atoms with Gasteiger partial charge in [0, 0.05) is 44.0 Å². The van der Waals surface area contributed by atoms with Gasteiger partial charge in [0.25, 0.3) is 5.91 Å². The van der Waals surface area contributed by atoms with E-state index in [1.807, 2.05) is 20.8 Å². The lowest BCUT2D eigenvalue weighted by Crippen LogP contribution is -2.48. The fraction of sp³-hybridized carbons (Fsp3) is 0.444. The summed E-state index contributed by atoms with van der Waals surface area (Å²) >= 11 is 0. The standard InChI is InChI=1S/C36H47FN4O7S/c1-24-9-16-31(17-10-24)49(45,46)40(5)22-34-25(2)21-41(26(3)23-42)35(43)32-20-30(39-36(44)38-29-13-11-28(37)12-14-29)15-18-33(32)48-27(4)8-6-7-19-47-34/h9-18,20,25-27,34,42H,6-8,19,21-23H2,1-5H3,(H2,38,39,44)/t25-,26+,27+,34-/m1/s1. The smallest absolute Gasteiger partial charge is 0.323 e. The summed E-state index contributed by atoms with van der Waals surface area (Å²) in [7, 11) is -2.29. The van der Waals surface area contributed by atoms with Crippen molar-refractivity contribution < 1.29 is 37.0 Å². The molecule has 4 atom stereocenters. The molecule has 1 aliphatic heterocycles. The van der Waals surface area contributed by atoms with E-state index in [0.717, 1.165) is 18.4 Å². The Bertz CT molecular complexity index is 1670. The van der Waals surface area contributed by atoms with Crippen molar-refractivity contribution in [2.24, 2.45) is 5.92 Å². The number of aliphatic hydroxyl groups is 1. The summed E-state index contributed by atoms with van der Waals surface area (Å²) in [6, 6.07) is 15.6. The Hall–Kier alpha value is -4.04. The lowest BCUT2D eigenvalue weighted by Gasteiger charge is -2.35. The number of hydrogen-bond donors (Lipinski definition) is 3. The molecule has 0 radical (unpaired) electrons. The number of nitrogens with one attached hydrogen (secondary N) is 2. The summed E-state index contributed by atoms with van der Waals surface area (Å²) in [5.74, 6) is -0.881. The molecule has 49 heavy (non-hydrogen) atoms. The van der Waals surface area contributed by atoms with Gasteiger partial charge in [-0.3, -0.25) is 4.79 Å². The molecule has 0 fully saturated rings. The highest BCUT2D eigenvalue weighted by Crippen LogP contribution is 2.29. The van der Waals surface area contributed by atoms with Gasteiger partial charge in [-0.15, -0.1) is 0 Å². The van der Waals surface area contributed by atoms with Gasteiger partial charge < -0.3 is 30.1 Å². The number of sulfonamides is 1. The molecule has 3 aromatic carbocycles. The van der Waals surface area contributed by atoms with Crippen LogP contribution in [-0.4, -0.2) is 86.3 Å². The summed E-state index contributed by atoms with van der Waals surface area (Å²) < 4.78 is 54.1. The zero-order chi connectivity index (χ0) is 35.7. The van der Waals surface area contributed by atoms with Crippen LogP contribution in [0.2, 0.25) is 0 Å². The average Bonchev–Trinajstić information content (AvgIpc) is 3.07. The molecule has 3 N–H and O–H groups in total. The van der Waals surface area contributed by atoms with Gasteiger partial charge in [-0.25, -0.2) is 17.6 Å². The van der Waals surface area contributed by atoms with E-state index in [4.69, 9.17) is 9.47 Å². The molecule has 1 heterocycles. The van der Waals surface area contributed by atoms with E-state index in [2.05, 4.69) is 10.6 Å². The number of halogens is 1. The molecule has 0 aliphatic carbocycles. The molecule has 0 bridgehead atoms. The van der Waals surface area contributed by atoms with Crippen LogP contribution >= 0.6 is 0 Å². The lowest BCUT2D eigenvalue weighted by molar-refractivity contribution is -0.00833. The summed E-state index contributed by atoms with van der Waals surface area (Å²) in [6.45, 7) is 7.68. The number of urea groups is 1. The Morgan fingerprint density at radius 1 is 1.04 bits per heavy atom. The van der Waals surface area contributed by atoms with Crippen molar-refractivity contribution in [3.8, 4) is 5.75 Å². The summed E-state index contributed by atoms with van der Waals surface area (Å²) in [4.78, 5) is 28.8. The second-order valence-electron chi connectivity index (χ2n) is 12.7. The lowest BCUT2D eigenvalue weighted by atomic mass is 10.0. The van der Waals surface area contributed by atoms with E-state index in [9.17, 15) is 27.5 Å². The van der Waals surface area contributed by atoms with Gasteiger partial charge in [0.2, 0.25) is 10.0 Å². The molecular weight excluding hydrogens is 651 g/mol. The number of likely N-dealkylation sites (N-methyl/N-ethyl adjacent to an activating group) is 1. The van der Waals surface area contributed by atoms with Crippen molar-refractivity contribution in [2.45, 2.75) is 70.1 Å². The Kier molecular flexibility index (Phi) is 13.2. The van der Waals surface area contributed by atoms with Crippen LogP contribution < -0.4 is 15.4 Å². The molecule has 0 aromatic heterocycles. The Morgan fingerprint density at radius 3 is 2.37 bits per heavy atom. The van der Waals surface area contributed by atoms with Crippen molar-refractivity contribution in [1.82, 2.24) is 9.21 Å². The maximum Gasteiger partial charge on any atom is 0.323 e. The summed E-state index contributed by atoms with van der Waals surface area (Å²) in [5.41, 5.74) is 1.84. The highest BCUT2D eigenvalue weighted by Gasteiger charge is 2.32. The largest absolute Gasteiger partial charge is 0.490 e. The van der Waals surface area contributed by atoms with Crippen LogP contribution in [0, 0.1) is 18.7 Å². The third kappa shape index (κ3) is 10.2. The minimum atomic E-state index is -3.81. The zero-order valence-electron chi connectivity index (χ0n) is 28.7. The maximum atomic E-state index is 14.3. The van der Waals surface area contributed by atoms with Crippen LogP contribution in [0.4, 0.5) is 20.6 Å². The summed E-state index contributed by atoms with van der Waals surface area (Å²) in [6.07, 6.45) is 1.36. The van der Waals surface area contributed by atoms with Gasteiger partial charge in [0.1, 0.15) is 11.6 Å². The highest BCUT2D eigenvalue weighted by molar-refractivity contribution is 7.89. The second kappa shape index (κ2) is 17.1. The van der Waals surface area contributed by atoms with Gasteiger partial charge in [0.15, 0.2) is 0 Å². The van der Waals surface area contributed by atoms with Gasteiger partial charge in [-0.1, -0.05) is 24.6 Å². The number of amides is 3. The Labute approximate surface area is 288 Å². The number of nitrogens with zero attached hydrogens (tertiary/aromatic N) is 2. The molecule has 0 saturated carbocycles. The normalized spacial score (nSPS) is 20.1. The first-order valence-electron chi connectivity index (χ1n) is 16.5. The van der Waals surface area contributed by atoms with E-state index in [-0.39, 0.29) is 42.2 Å². The average molecular weight is 699 g/mol. The number of carbonyl (C=O) groups excluding carboxylic acids is 2. The second-order valence-corrected chi connectivity index (χ2v) is 14.7. The van der Waals surface area contributed by atoms with Crippen LogP contribution in [0.3, 0.4) is 0 Å². The van der Waals surface area contributed by atoms with Crippen LogP contribution in [0.5, 0.6) is 5.75 Å². The number of anilines is 2. The Balaban J connectivity index is 1.62. The molecule has 266 valence electrons. The van der Waals surface area contributed by atoms with Crippen molar-refractivity contribution >= 4 is 33.3 Å². The van der Waals surface area contributed by atoms with E-state index < -0.39 is 39.9 Å². The fourth-order valence-corrected chi connectivity index (χ4v) is 6.71. The number of aryl methyl sites for hydroxylation is 1. The molecule has 4 rings (SSSR count). The topological polar surface area (TPSA) is 138 Å². The molecule has 1 aliphatic rings. The number of ether oxygens (including phenoxy) is 2. The molecule has 3 amide bonds.